The number of para-hydroxylation sites is 1. The van der Waals surface area contributed by atoms with Crippen molar-refractivity contribution in [3.63, 3.8) is 0 Å². The minimum atomic E-state index is -1.14. The Hall–Kier alpha value is -1.66. The van der Waals surface area contributed by atoms with E-state index >= 15 is 0 Å². The molecule has 4 nitrogen and oxygen atoms in total. The Morgan fingerprint density at radius 3 is 2.79 bits per heavy atom. The highest BCUT2D eigenvalue weighted by atomic mass is 79.9. The number of carbonyl (C=O) groups is 1. The van der Waals surface area contributed by atoms with Crippen molar-refractivity contribution in [3.8, 4) is 0 Å². The maximum Gasteiger partial charge on any atom is 0.335 e. The van der Waals surface area contributed by atoms with E-state index in [4.69, 9.17) is 16.7 Å². The number of anilines is 2. The highest BCUT2D eigenvalue weighted by Gasteiger charge is 2.11. The van der Waals surface area contributed by atoms with Crippen LogP contribution in [-0.2, 0) is 0 Å². The number of benzene rings is 1. The highest BCUT2D eigenvalue weighted by Crippen LogP contribution is 2.28. The number of pyridine rings is 1. The van der Waals surface area contributed by atoms with E-state index in [0.29, 0.717) is 4.47 Å². The summed E-state index contributed by atoms with van der Waals surface area (Å²) < 4.78 is 14.1. The van der Waals surface area contributed by atoms with Crippen LogP contribution in [0.5, 0.6) is 0 Å². The number of hydrogen-bond donors (Lipinski definition) is 2. The van der Waals surface area contributed by atoms with Gasteiger partial charge >= 0.3 is 5.97 Å². The quantitative estimate of drug-likeness (QED) is 0.823. The second-order valence-corrected chi connectivity index (χ2v) is 4.83. The van der Waals surface area contributed by atoms with E-state index in [-0.39, 0.29) is 22.2 Å². The zero-order valence-electron chi connectivity index (χ0n) is 9.32. The summed E-state index contributed by atoms with van der Waals surface area (Å²) in [6.45, 7) is 0. The third-order valence-corrected chi connectivity index (χ3v) is 3.11. The van der Waals surface area contributed by atoms with Crippen LogP contribution in [0.1, 0.15) is 10.4 Å². The van der Waals surface area contributed by atoms with Gasteiger partial charge in [0, 0.05) is 4.47 Å². The minimum Gasteiger partial charge on any atom is -0.478 e. The Morgan fingerprint density at radius 2 is 2.16 bits per heavy atom. The Morgan fingerprint density at radius 1 is 1.42 bits per heavy atom. The number of rotatable bonds is 3. The van der Waals surface area contributed by atoms with Crippen molar-refractivity contribution in [1.29, 1.82) is 0 Å². The average molecular weight is 346 g/mol. The van der Waals surface area contributed by atoms with Crippen LogP contribution in [0.3, 0.4) is 0 Å². The molecule has 0 amide bonds. The lowest BCUT2D eigenvalue weighted by Crippen LogP contribution is -2.02. The van der Waals surface area contributed by atoms with Crippen molar-refractivity contribution in [2.45, 2.75) is 0 Å². The van der Waals surface area contributed by atoms with Gasteiger partial charge in [-0.15, -0.1) is 0 Å². The van der Waals surface area contributed by atoms with Crippen molar-refractivity contribution in [2.24, 2.45) is 0 Å². The molecule has 0 aliphatic heterocycles. The molecule has 1 aromatic carbocycles. The molecule has 0 bridgehead atoms. The first kappa shape index (κ1) is 13.8. The molecule has 1 aromatic heterocycles. The Kier molecular flexibility index (Phi) is 4.01. The van der Waals surface area contributed by atoms with Crippen LogP contribution in [-0.4, -0.2) is 16.1 Å². The van der Waals surface area contributed by atoms with Crippen molar-refractivity contribution in [2.75, 3.05) is 5.32 Å². The topological polar surface area (TPSA) is 62.2 Å². The third kappa shape index (κ3) is 3.21. The third-order valence-electron chi connectivity index (χ3n) is 2.26. The second kappa shape index (κ2) is 5.54. The van der Waals surface area contributed by atoms with E-state index in [1.54, 1.807) is 12.1 Å². The first-order valence-corrected chi connectivity index (χ1v) is 6.26. The van der Waals surface area contributed by atoms with Gasteiger partial charge in [-0.25, -0.2) is 14.2 Å². The van der Waals surface area contributed by atoms with E-state index in [0.717, 1.165) is 0 Å². The molecule has 7 heteroatoms. The summed E-state index contributed by atoms with van der Waals surface area (Å²) >= 11 is 8.91. The molecule has 98 valence electrons. The molecular formula is C12H7BrClFN2O2. The minimum absolute atomic E-state index is 0.00913. The molecule has 0 fully saturated rings. The summed E-state index contributed by atoms with van der Waals surface area (Å²) in [5.74, 6) is -1.48. The Bertz CT molecular complexity index is 631. The predicted octanol–water partition coefficient (Wildman–Crippen LogP) is 4.08. The molecule has 2 aromatic rings. The fraction of sp³-hybridized carbons (Fsp3) is 0. The summed E-state index contributed by atoms with van der Waals surface area (Å²) in [4.78, 5) is 14.8. The Labute approximate surface area is 121 Å². The fourth-order valence-corrected chi connectivity index (χ4v) is 2.08. The monoisotopic (exact) mass is 344 g/mol. The van der Waals surface area contributed by atoms with Gasteiger partial charge in [-0.05, 0) is 40.2 Å². The van der Waals surface area contributed by atoms with Gasteiger partial charge in [0.1, 0.15) is 16.8 Å². The number of carboxylic acids is 1. The maximum absolute atomic E-state index is 13.6. The lowest BCUT2D eigenvalue weighted by molar-refractivity contribution is 0.0697. The Balaban J connectivity index is 2.41. The summed E-state index contributed by atoms with van der Waals surface area (Å²) in [7, 11) is 0. The smallest absolute Gasteiger partial charge is 0.335 e. The van der Waals surface area contributed by atoms with Crippen LogP contribution in [0.2, 0.25) is 5.15 Å². The lowest BCUT2D eigenvalue weighted by atomic mass is 10.2. The summed E-state index contributed by atoms with van der Waals surface area (Å²) in [5, 5.41) is 11.6. The maximum atomic E-state index is 13.6. The number of nitrogens with one attached hydrogen (secondary N) is 1. The summed E-state index contributed by atoms with van der Waals surface area (Å²) in [6.07, 6.45) is 0. The first-order valence-electron chi connectivity index (χ1n) is 5.09. The number of aromatic carboxylic acids is 1. The van der Waals surface area contributed by atoms with E-state index in [2.05, 4.69) is 26.2 Å². The van der Waals surface area contributed by atoms with Crippen LogP contribution in [0.25, 0.3) is 0 Å². The zero-order valence-corrected chi connectivity index (χ0v) is 11.7. The zero-order chi connectivity index (χ0) is 14.0. The summed E-state index contributed by atoms with van der Waals surface area (Å²) in [5.41, 5.74) is 0.128. The molecule has 0 saturated heterocycles. The SMILES string of the molecule is O=C(O)c1cc(Cl)nc(Nc2c(F)cccc2Br)c1. The fourth-order valence-electron chi connectivity index (χ4n) is 1.43. The number of carboxylic acid groups (broad SMARTS) is 1. The predicted molar refractivity (Wildman–Crippen MR) is 73.6 cm³/mol. The van der Waals surface area contributed by atoms with Crippen LogP contribution in [0.15, 0.2) is 34.8 Å². The van der Waals surface area contributed by atoms with E-state index in [1.165, 1.54) is 18.2 Å². The molecule has 2 N–H and O–H groups in total. The van der Waals surface area contributed by atoms with Crippen molar-refractivity contribution < 1.29 is 14.3 Å². The summed E-state index contributed by atoms with van der Waals surface area (Å²) in [6, 6.07) is 6.95. The van der Waals surface area contributed by atoms with Gasteiger partial charge in [0.15, 0.2) is 0 Å². The molecule has 1 heterocycles. The number of nitrogens with zero attached hydrogens (tertiary/aromatic N) is 1. The molecule has 0 atom stereocenters. The molecule has 2 rings (SSSR count). The first-order chi connectivity index (χ1) is 8.97. The van der Waals surface area contributed by atoms with Crippen LogP contribution in [0.4, 0.5) is 15.9 Å². The molecule has 19 heavy (non-hydrogen) atoms. The van der Waals surface area contributed by atoms with Gasteiger partial charge < -0.3 is 10.4 Å². The largest absolute Gasteiger partial charge is 0.478 e. The van der Waals surface area contributed by atoms with Gasteiger partial charge in [0.05, 0.1) is 11.3 Å². The lowest BCUT2D eigenvalue weighted by Gasteiger charge is -2.09. The van der Waals surface area contributed by atoms with Gasteiger partial charge in [0.25, 0.3) is 0 Å². The molecule has 0 aliphatic rings. The molecule has 0 aliphatic carbocycles. The average Bonchev–Trinajstić information content (AvgIpc) is 2.33. The molecule has 0 radical (unpaired) electrons. The number of hydrogen-bond acceptors (Lipinski definition) is 3. The van der Waals surface area contributed by atoms with Crippen molar-refractivity contribution in [3.05, 3.63) is 51.3 Å². The molecule has 0 saturated carbocycles. The van der Waals surface area contributed by atoms with Crippen molar-refractivity contribution >= 4 is 45.0 Å². The second-order valence-electron chi connectivity index (χ2n) is 3.59. The van der Waals surface area contributed by atoms with Gasteiger partial charge in [-0.1, -0.05) is 17.7 Å². The van der Waals surface area contributed by atoms with E-state index in [9.17, 15) is 9.18 Å². The number of halogens is 3. The number of aromatic nitrogens is 1. The van der Waals surface area contributed by atoms with Gasteiger partial charge in [0.2, 0.25) is 0 Å². The molecular weight excluding hydrogens is 338 g/mol. The van der Waals surface area contributed by atoms with Crippen LogP contribution < -0.4 is 5.32 Å². The standard InChI is InChI=1S/C12H7BrClFN2O2/c13-7-2-1-3-8(15)11(7)17-10-5-6(12(18)19)4-9(14)16-10/h1-5H,(H,16,17)(H,18,19). The molecule has 0 spiro atoms. The van der Waals surface area contributed by atoms with Crippen molar-refractivity contribution in [1.82, 2.24) is 4.98 Å². The normalized spacial score (nSPS) is 10.3. The highest BCUT2D eigenvalue weighted by molar-refractivity contribution is 9.10. The molecule has 0 unspecified atom stereocenters. The van der Waals surface area contributed by atoms with Gasteiger partial charge in [-0.3, -0.25) is 0 Å². The van der Waals surface area contributed by atoms with E-state index < -0.39 is 11.8 Å². The van der Waals surface area contributed by atoms with Gasteiger partial charge in [-0.2, -0.15) is 0 Å². The van der Waals surface area contributed by atoms with E-state index in [1.807, 2.05) is 0 Å². The van der Waals surface area contributed by atoms with Crippen LogP contribution >= 0.6 is 27.5 Å². The van der Waals surface area contributed by atoms with Crippen LogP contribution in [0, 0.1) is 5.82 Å².